The summed E-state index contributed by atoms with van der Waals surface area (Å²) in [6, 6.07) is 10.8. The first kappa shape index (κ1) is 18.8. The largest absolute Gasteiger partial charge is 0.493 e. The average molecular weight is 368 g/mol. The van der Waals surface area contributed by atoms with Crippen LogP contribution in [-0.2, 0) is 9.59 Å². The van der Waals surface area contributed by atoms with E-state index in [0.29, 0.717) is 30.0 Å². The molecule has 0 unspecified atom stereocenters. The third-order valence-electron chi connectivity index (χ3n) is 5.11. The number of carbonyl (C=O) groups excluding carboxylic acids is 2. The van der Waals surface area contributed by atoms with Crippen LogP contribution in [0.5, 0.6) is 11.5 Å². The summed E-state index contributed by atoms with van der Waals surface area (Å²) >= 11 is 0. The molecule has 0 bridgehead atoms. The van der Waals surface area contributed by atoms with Crippen molar-refractivity contribution in [1.29, 1.82) is 0 Å². The van der Waals surface area contributed by atoms with E-state index >= 15 is 0 Å². The molecule has 6 heteroatoms. The van der Waals surface area contributed by atoms with Gasteiger partial charge in [-0.15, -0.1) is 0 Å². The predicted octanol–water partition coefficient (Wildman–Crippen LogP) is 3.68. The summed E-state index contributed by atoms with van der Waals surface area (Å²) in [6.07, 6.45) is 1.06. The van der Waals surface area contributed by atoms with E-state index in [9.17, 15) is 9.59 Å². The molecular formula is C21H24N2O4. The highest BCUT2D eigenvalue weighted by Gasteiger charge is 2.56. The van der Waals surface area contributed by atoms with Crippen molar-refractivity contribution in [3.8, 4) is 11.5 Å². The normalized spacial score (nSPS) is 14.2. The van der Waals surface area contributed by atoms with E-state index in [0.717, 1.165) is 16.8 Å². The first-order chi connectivity index (χ1) is 12.9. The molecule has 27 heavy (non-hydrogen) atoms. The van der Waals surface area contributed by atoms with Crippen LogP contribution in [0.2, 0.25) is 0 Å². The molecule has 1 saturated carbocycles. The molecule has 1 fully saturated rings. The van der Waals surface area contributed by atoms with E-state index < -0.39 is 5.41 Å². The average Bonchev–Trinajstić information content (AvgIpc) is 3.47. The molecule has 1 aliphatic rings. The number of methoxy groups -OCH3 is 2. The second-order valence-corrected chi connectivity index (χ2v) is 6.81. The maximum atomic E-state index is 12.8. The van der Waals surface area contributed by atoms with Crippen LogP contribution in [0.4, 0.5) is 11.4 Å². The Morgan fingerprint density at radius 3 is 2.22 bits per heavy atom. The summed E-state index contributed by atoms with van der Waals surface area (Å²) in [5.41, 5.74) is 2.37. The van der Waals surface area contributed by atoms with Gasteiger partial charge in [0.25, 0.3) is 0 Å². The number of nitrogens with one attached hydrogen (secondary N) is 2. The second kappa shape index (κ2) is 7.31. The Balaban J connectivity index is 1.74. The molecule has 0 saturated heterocycles. The van der Waals surface area contributed by atoms with Crippen molar-refractivity contribution in [3.63, 3.8) is 0 Å². The van der Waals surface area contributed by atoms with E-state index in [1.807, 2.05) is 32.0 Å². The van der Waals surface area contributed by atoms with Gasteiger partial charge in [-0.25, -0.2) is 0 Å². The smallest absolute Gasteiger partial charge is 0.240 e. The maximum absolute atomic E-state index is 12.8. The lowest BCUT2D eigenvalue weighted by Gasteiger charge is -2.17. The lowest BCUT2D eigenvalue weighted by molar-refractivity contribution is -0.131. The van der Waals surface area contributed by atoms with Crippen molar-refractivity contribution in [2.45, 2.75) is 26.7 Å². The number of rotatable bonds is 6. The minimum Gasteiger partial charge on any atom is -0.493 e. The van der Waals surface area contributed by atoms with Gasteiger partial charge < -0.3 is 20.1 Å². The molecule has 2 amide bonds. The Morgan fingerprint density at radius 1 is 0.926 bits per heavy atom. The first-order valence-electron chi connectivity index (χ1n) is 8.82. The van der Waals surface area contributed by atoms with Gasteiger partial charge >= 0.3 is 0 Å². The molecule has 0 heterocycles. The van der Waals surface area contributed by atoms with Crippen LogP contribution in [0.25, 0.3) is 0 Å². The van der Waals surface area contributed by atoms with Crippen LogP contribution in [0, 0.1) is 19.3 Å². The molecule has 1 aliphatic carbocycles. The Bertz CT molecular complexity index is 888. The van der Waals surface area contributed by atoms with Gasteiger partial charge in [0.15, 0.2) is 11.5 Å². The standard InChI is InChI=1S/C21H24N2O4/c1-13-6-5-7-16(14(13)2)23-20(25)21(10-11-21)19(24)22-15-8-9-17(26-3)18(12-15)27-4/h5-9,12H,10-11H2,1-4H3,(H,22,24)(H,23,25). The van der Waals surface area contributed by atoms with E-state index in [-0.39, 0.29) is 11.8 Å². The molecule has 142 valence electrons. The summed E-state index contributed by atoms with van der Waals surface area (Å²) in [7, 11) is 3.08. The maximum Gasteiger partial charge on any atom is 0.240 e. The molecule has 2 N–H and O–H groups in total. The minimum atomic E-state index is -1.02. The fourth-order valence-corrected chi connectivity index (χ4v) is 2.98. The number of anilines is 2. The third kappa shape index (κ3) is 3.60. The minimum absolute atomic E-state index is 0.269. The number of aryl methyl sites for hydroxylation is 1. The van der Waals surface area contributed by atoms with Crippen LogP contribution in [0.1, 0.15) is 24.0 Å². The van der Waals surface area contributed by atoms with Crippen LogP contribution >= 0.6 is 0 Å². The highest BCUT2D eigenvalue weighted by Crippen LogP contribution is 2.48. The van der Waals surface area contributed by atoms with Crippen molar-refractivity contribution in [2.75, 3.05) is 24.9 Å². The number of benzene rings is 2. The number of amides is 2. The lowest BCUT2D eigenvalue weighted by atomic mass is 10.0. The first-order valence-corrected chi connectivity index (χ1v) is 8.82. The molecule has 0 atom stereocenters. The summed E-state index contributed by atoms with van der Waals surface area (Å²) < 4.78 is 10.5. The lowest BCUT2D eigenvalue weighted by Crippen LogP contribution is -2.35. The van der Waals surface area contributed by atoms with Gasteiger partial charge in [0.2, 0.25) is 11.8 Å². The molecule has 0 spiro atoms. The van der Waals surface area contributed by atoms with Gasteiger partial charge in [-0.1, -0.05) is 12.1 Å². The quantitative estimate of drug-likeness (QED) is 0.763. The second-order valence-electron chi connectivity index (χ2n) is 6.81. The fourth-order valence-electron chi connectivity index (χ4n) is 2.98. The van der Waals surface area contributed by atoms with Crippen molar-refractivity contribution >= 4 is 23.2 Å². The van der Waals surface area contributed by atoms with Crippen LogP contribution in [0.3, 0.4) is 0 Å². The Kier molecular flexibility index (Phi) is 5.08. The molecule has 2 aromatic carbocycles. The third-order valence-corrected chi connectivity index (χ3v) is 5.11. The highest BCUT2D eigenvalue weighted by atomic mass is 16.5. The van der Waals surface area contributed by atoms with Gasteiger partial charge in [-0.2, -0.15) is 0 Å². The van der Waals surface area contributed by atoms with Crippen molar-refractivity contribution in [2.24, 2.45) is 5.41 Å². The zero-order valence-electron chi connectivity index (χ0n) is 16.0. The van der Waals surface area contributed by atoms with Crippen LogP contribution in [-0.4, -0.2) is 26.0 Å². The molecule has 0 aromatic heterocycles. The van der Waals surface area contributed by atoms with Crippen molar-refractivity contribution < 1.29 is 19.1 Å². The van der Waals surface area contributed by atoms with Gasteiger partial charge in [0, 0.05) is 17.4 Å². The summed E-state index contributed by atoms with van der Waals surface area (Å²) in [5.74, 6) is 0.510. The zero-order chi connectivity index (χ0) is 19.6. The van der Waals surface area contributed by atoms with E-state index in [2.05, 4.69) is 10.6 Å². The molecule has 6 nitrogen and oxygen atoms in total. The van der Waals surface area contributed by atoms with Gasteiger partial charge in [-0.3, -0.25) is 9.59 Å². The highest BCUT2D eigenvalue weighted by molar-refractivity contribution is 6.17. The topological polar surface area (TPSA) is 76.7 Å². The molecule has 2 aromatic rings. The summed E-state index contributed by atoms with van der Waals surface area (Å²) in [4.78, 5) is 25.6. The van der Waals surface area contributed by atoms with Crippen molar-refractivity contribution in [1.82, 2.24) is 0 Å². The van der Waals surface area contributed by atoms with Crippen LogP contribution in [0.15, 0.2) is 36.4 Å². The Hall–Kier alpha value is -3.02. The SMILES string of the molecule is COc1ccc(NC(=O)C2(C(=O)Nc3cccc(C)c3C)CC2)cc1OC. The Labute approximate surface area is 158 Å². The number of hydrogen-bond donors (Lipinski definition) is 2. The van der Waals surface area contributed by atoms with Crippen molar-refractivity contribution in [3.05, 3.63) is 47.5 Å². The van der Waals surface area contributed by atoms with E-state index in [1.165, 1.54) is 7.11 Å². The molecule has 0 aliphatic heterocycles. The van der Waals surface area contributed by atoms with E-state index in [4.69, 9.17) is 9.47 Å². The van der Waals surface area contributed by atoms with Gasteiger partial charge in [0.05, 0.1) is 14.2 Å². The van der Waals surface area contributed by atoms with Crippen LogP contribution < -0.4 is 20.1 Å². The zero-order valence-corrected chi connectivity index (χ0v) is 16.0. The summed E-state index contributed by atoms with van der Waals surface area (Å²) in [5, 5.41) is 5.74. The molecule has 0 radical (unpaired) electrons. The fraction of sp³-hybridized carbons (Fsp3) is 0.333. The number of carbonyl (C=O) groups is 2. The van der Waals surface area contributed by atoms with Gasteiger partial charge in [0.1, 0.15) is 5.41 Å². The molecular weight excluding hydrogens is 344 g/mol. The summed E-state index contributed by atoms with van der Waals surface area (Å²) in [6.45, 7) is 3.94. The number of ether oxygens (including phenoxy) is 2. The number of hydrogen-bond acceptors (Lipinski definition) is 4. The molecule has 3 rings (SSSR count). The Morgan fingerprint density at radius 2 is 1.59 bits per heavy atom. The van der Waals surface area contributed by atoms with E-state index in [1.54, 1.807) is 25.3 Å². The van der Waals surface area contributed by atoms with Gasteiger partial charge in [-0.05, 0) is 56.0 Å². The predicted molar refractivity (Wildman–Crippen MR) is 104 cm³/mol. The monoisotopic (exact) mass is 368 g/mol.